The maximum absolute atomic E-state index is 11.1. The van der Waals surface area contributed by atoms with Crippen molar-refractivity contribution in [3.63, 3.8) is 0 Å². The zero-order valence-corrected chi connectivity index (χ0v) is 11.5. The van der Waals surface area contributed by atoms with E-state index in [9.17, 15) is 4.79 Å². The van der Waals surface area contributed by atoms with Gasteiger partial charge in [0.25, 0.3) is 0 Å². The summed E-state index contributed by atoms with van der Waals surface area (Å²) >= 11 is 0. The van der Waals surface area contributed by atoms with Crippen LogP contribution in [0.5, 0.6) is 5.75 Å². The molecule has 106 valence electrons. The topological polar surface area (TPSA) is 90.1 Å². The molecule has 0 spiro atoms. The van der Waals surface area contributed by atoms with Gasteiger partial charge in [-0.2, -0.15) is 0 Å². The second-order valence-electron chi connectivity index (χ2n) is 4.51. The second-order valence-corrected chi connectivity index (χ2v) is 4.51. The van der Waals surface area contributed by atoms with E-state index in [-0.39, 0.29) is 6.04 Å². The Bertz CT molecular complexity index is 611. The van der Waals surface area contributed by atoms with Crippen molar-refractivity contribution >= 4 is 5.97 Å². The average Bonchev–Trinajstić information content (AvgIpc) is 2.94. The fourth-order valence-corrected chi connectivity index (χ4v) is 1.89. The molecule has 7 nitrogen and oxygen atoms in total. The lowest BCUT2D eigenvalue weighted by atomic mass is 10.0. The molecule has 0 radical (unpaired) electrons. The molecule has 2 atom stereocenters. The quantitative estimate of drug-likeness (QED) is 0.892. The van der Waals surface area contributed by atoms with Crippen LogP contribution in [0, 0.1) is 5.92 Å². The Balaban J connectivity index is 2.45. The molecule has 1 aromatic heterocycles. The van der Waals surface area contributed by atoms with Gasteiger partial charge < -0.3 is 9.84 Å². The van der Waals surface area contributed by atoms with Crippen LogP contribution >= 0.6 is 0 Å². The first-order valence-corrected chi connectivity index (χ1v) is 6.20. The summed E-state index contributed by atoms with van der Waals surface area (Å²) < 4.78 is 6.80. The van der Waals surface area contributed by atoms with Crippen molar-refractivity contribution in [2.24, 2.45) is 5.92 Å². The zero-order chi connectivity index (χ0) is 14.7. The van der Waals surface area contributed by atoms with Gasteiger partial charge in [-0.05, 0) is 36.4 Å². The van der Waals surface area contributed by atoms with Gasteiger partial charge in [-0.25, -0.2) is 4.68 Å². The monoisotopic (exact) mass is 276 g/mol. The van der Waals surface area contributed by atoms with Crippen molar-refractivity contribution < 1.29 is 14.6 Å². The summed E-state index contributed by atoms with van der Waals surface area (Å²) in [5.41, 5.74) is 0.726. The SMILES string of the molecule is COc1ccccc1-c1nnnn1C(C)C(C)C(=O)O. The van der Waals surface area contributed by atoms with Gasteiger partial charge in [-0.3, -0.25) is 4.79 Å². The Hall–Kier alpha value is -2.44. The van der Waals surface area contributed by atoms with E-state index in [0.29, 0.717) is 11.6 Å². The summed E-state index contributed by atoms with van der Waals surface area (Å²) in [5, 5.41) is 20.7. The molecular weight excluding hydrogens is 260 g/mol. The highest BCUT2D eigenvalue weighted by Crippen LogP contribution is 2.30. The number of carbonyl (C=O) groups is 1. The molecule has 2 unspecified atom stereocenters. The number of methoxy groups -OCH3 is 1. The first-order chi connectivity index (χ1) is 9.56. The molecule has 0 amide bonds. The number of aromatic nitrogens is 4. The lowest BCUT2D eigenvalue weighted by Crippen LogP contribution is -2.23. The van der Waals surface area contributed by atoms with Crippen molar-refractivity contribution in [2.45, 2.75) is 19.9 Å². The Morgan fingerprint density at radius 3 is 2.70 bits per heavy atom. The molecule has 0 aliphatic carbocycles. The van der Waals surface area contributed by atoms with E-state index in [1.165, 1.54) is 4.68 Å². The third-order valence-electron chi connectivity index (χ3n) is 3.34. The van der Waals surface area contributed by atoms with E-state index in [0.717, 1.165) is 5.56 Å². The Morgan fingerprint density at radius 2 is 2.05 bits per heavy atom. The maximum Gasteiger partial charge on any atom is 0.308 e. The van der Waals surface area contributed by atoms with E-state index in [1.54, 1.807) is 27.0 Å². The summed E-state index contributed by atoms with van der Waals surface area (Å²) in [5.74, 6) is -0.368. The highest BCUT2D eigenvalue weighted by atomic mass is 16.5. The molecular formula is C13H16N4O3. The van der Waals surface area contributed by atoms with Crippen LogP contribution < -0.4 is 4.74 Å². The number of nitrogens with zero attached hydrogens (tertiary/aromatic N) is 4. The van der Waals surface area contributed by atoms with Gasteiger partial charge in [-0.15, -0.1) is 5.10 Å². The summed E-state index contributed by atoms with van der Waals surface area (Å²) in [7, 11) is 1.57. The first kappa shape index (κ1) is 14.0. The Labute approximate surface area is 116 Å². The van der Waals surface area contributed by atoms with E-state index < -0.39 is 11.9 Å². The lowest BCUT2D eigenvalue weighted by molar-refractivity contribution is -0.142. The van der Waals surface area contributed by atoms with Crippen LogP contribution in [0.15, 0.2) is 24.3 Å². The van der Waals surface area contributed by atoms with Crippen LogP contribution in [-0.4, -0.2) is 38.4 Å². The van der Waals surface area contributed by atoms with Crippen molar-refractivity contribution in [2.75, 3.05) is 7.11 Å². The Morgan fingerprint density at radius 1 is 1.35 bits per heavy atom. The number of para-hydroxylation sites is 1. The zero-order valence-electron chi connectivity index (χ0n) is 11.5. The summed E-state index contributed by atoms with van der Waals surface area (Å²) in [4.78, 5) is 11.1. The number of aliphatic carboxylic acids is 1. The standard InChI is InChI=1S/C13H16N4O3/c1-8(13(18)19)9(2)17-12(14-15-16-17)10-6-4-5-7-11(10)20-3/h4-9H,1-3H3,(H,18,19). The number of rotatable bonds is 5. The molecule has 0 saturated heterocycles. The van der Waals surface area contributed by atoms with E-state index in [1.807, 2.05) is 18.2 Å². The molecule has 1 aromatic carbocycles. The molecule has 20 heavy (non-hydrogen) atoms. The maximum atomic E-state index is 11.1. The molecule has 0 aliphatic heterocycles. The van der Waals surface area contributed by atoms with Gasteiger partial charge in [0.1, 0.15) is 5.75 Å². The lowest BCUT2D eigenvalue weighted by Gasteiger charge is -2.17. The fourth-order valence-electron chi connectivity index (χ4n) is 1.89. The molecule has 0 aliphatic rings. The fraction of sp³-hybridized carbons (Fsp3) is 0.385. The molecule has 1 N–H and O–H groups in total. The van der Waals surface area contributed by atoms with Gasteiger partial charge in [0.2, 0.25) is 0 Å². The van der Waals surface area contributed by atoms with Crippen LogP contribution in [0.2, 0.25) is 0 Å². The number of tetrazole rings is 1. The molecule has 7 heteroatoms. The smallest absolute Gasteiger partial charge is 0.308 e. The number of benzene rings is 1. The van der Waals surface area contributed by atoms with Gasteiger partial charge in [0, 0.05) is 0 Å². The number of carboxylic acid groups (broad SMARTS) is 1. The van der Waals surface area contributed by atoms with Crippen molar-refractivity contribution in [1.82, 2.24) is 20.2 Å². The molecule has 0 fully saturated rings. The molecule has 2 aromatic rings. The predicted octanol–water partition coefficient (Wildman–Crippen LogP) is 1.63. The number of hydrogen-bond acceptors (Lipinski definition) is 5. The predicted molar refractivity (Wildman–Crippen MR) is 71.3 cm³/mol. The van der Waals surface area contributed by atoms with Crippen molar-refractivity contribution in [3.8, 4) is 17.1 Å². The van der Waals surface area contributed by atoms with E-state index >= 15 is 0 Å². The number of hydrogen-bond donors (Lipinski definition) is 1. The van der Waals surface area contributed by atoms with Gasteiger partial charge in [0.15, 0.2) is 5.82 Å². The average molecular weight is 276 g/mol. The Kier molecular flexibility index (Phi) is 3.97. The van der Waals surface area contributed by atoms with Crippen LogP contribution in [0.1, 0.15) is 19.9 Å². The molecule has 0 bridgehead atoms. The van der Waals surface area contributed by atoms with Crippen LogP contribution in [0.4, 0.5) is 0 Å². The summed E-state index contributed by atoms with van der Waals surface area (Å²) in [6, 6.07) is 6.96. The van der Waals surface area contributed by atoms with Gasteiger partial charge in [-0.1, -0.05) is 12.1 Å². The van der Waals surface area contributed by atoms with Crippen LogP contribution in [0.25, 0.3) is 11.4 Å². The normalized spacial score (nSPS) is 13.8. The van der Waals surface area contributed by atoms with Gasteiger partial charge in [0.05, 0.1) is 24.6 Å². The number of carboxylic acids is 1. The largest absolute Gasteiger partial charge is 0.496 e. The van der Waals surface area contributed by atoms with Crippen molar-refractivity contribution in [3.05, 3.63) is 24.3 Å². The van der Waals surface area contributed by atoms with Crippen molar-refractivity contribution in [1.29, 1.82) is 0 Å². The van der Waals surface area contributed by atoms with Gasteiger partial charge >= 0.3 is 5.97 Å². The van der Waals surface area contributed by atoms with E-state index in [2.05, 4.69) is 15.5 Å². The minimum Gasteiger partial charge on any atom is -0.496 e. The summed E-state index contributed by atoms with van der Waals surface area (Å²) in [6.45, 7) is 3.40. The minimum atomic E-state index is -0.890. The van der Waals surface area contributed by atoms with Crippen LogP contribution in [-0.2, 0) is 4.79 Å². The first-order valence-electron chi connectivity index (χ1n) is 6.20. The third-order valence-corrected chi connectivity index (χ3v) is 3.34. The summed E-state index contributed by atoms with van der Waals surface area (Å²) in [6.07, 6.45) is 0. The minimum absolute atomic E-state index is 0.373. The van der Waals surface area contributed by atoms with E-state index in [4.69, 9.17) is 9.84 Å². The van der Waals surface area contributed by atoms with Crippen LogP contribution in [0.3, 0.4) is 0 Å². The molecule has 0 saturated carbocycles. The third kappa shape index (κ3) is 2.47. The highest BCUT2D eigenvalue weighted by Gasteiger charge is 2.25. The molecule has 1 heterocycles. The second kappa shape index (κ2) is 5.68. The highest BCUT2D eigenvalue weighted by molar-refractivity contribution is 5.70. The number of ether oxygens (including phenoxy) is 1. The molecule has 2 rings (SSSR count).